The Balaban J connectivity index is 0.000000215. The minimum atomic E-state index is -1.53. The van der Waals surface area contributed by atoms with Crippen molar-refractivity contribution in [3.05, 3.63) is 134 Å². The highest BCUT2D eigenvalue weighted by Crippen LogP contribution is 2.46. The Morgan fingerprint density at radius 1 is 0.714 bits per heavy atom. The molecule has 9 rings (SSSR count). The summed E-state index contributed by atoms with van der Waals surface area (Å²) in [6.45, 7) is 5.19. The van der Waals surface area contributed by atoms with Gasteiger partial charge in [-0.05, 0) is 120 Å². The summed E-state index contributed by atoms with van der Waals surface area (Å²) in [5.74, 6) is 5.77. The summed E-state index contributed by atoms with van der Waals surface area (Å²) in [4.78, 5) is 44.3. The number of nitrogens with one attached hydrogen (secondary N) is 1. The van der Waals surface area contributed by atoms with E-state index in [1.807, 2.05) is 32.0 Å². The normalized spacial score (nSPS) is 16.6. The number of alkyl halides is 2. The van der Waals surface area contributed by atoms with Crippen LogP contribution in [-0.2, 0) is 24.2 Å². The predicted molar refractivity (Wildman–Crippen MR) is 264 cm³/mol. The van der Waals surface area contributed by atoms with Gasteiger partial charge in [-0.1, -0.05) is 62.8 Å². The summed E-state index contributed by atoms with van der Waals surface area (Å²) >= 11 is 2.45. The van der Waals surface area contributed by atoms with Gasteiger partial charge in [-0.3, -0.25) is 19.8 Å². The molecule has 1 aromatic heterocycles. The molecule has 0 radical (unpaired) electrons. The standard InChI is InChI=1S/C26H26FN5O2.C25H27FN4O2.CBrN.CH4/c1-2-17-13-20(18-5-6-18)22(23-30-31-25(29)34-23)14-21(17)24(33)32-11-9-26(27,10-12-32)19-7-3-16(15-28)4-8-19;1-2-17-13-20(18-5-6-18)22(23(31)29-28)14-21(17)24(32)30-11-9-25(26,10-12-30)19-7-3-16(15-27)4-8-19;2-1-3;/h3-4,7-8,13-14,18H,2,5-6,9-12H2,1H3,(H2,29,31);3-4,7-8,13-14,18H,2,5-6,9-12,28H2,1H3,(H,29,31);;1H4. The van der Waals surface area contributed by atoms with Crippen LogP contribution in [0.3, 0.4) is 0 Å². The number of hydrogen-bond donors (Lipinski definition) is 3. The van der Waals surface area contributed by atoms with Gasteiger partial charge in [0, 0.05) is 90.0 Å². The third kappa shape index (κ3) is 11.5. The van der Waals surface area contributed by atoms with Crippen molar-refractivity contribution >= 4 is 39.7 Å². The van der Waals surface area contributed by atoms with Crippen molar-refractivity contribution in [1.29, 1.82) is 15.8 Å². The largest absolute Gasteiger partial charge is 0.404 e. The molecule has 2 saturated carbocycles. The lowest BCUT2D eigenvalue weighted by Crippen LogP contribution is -2.43. The molecule has 4 aromatic carbocycles. The van der Waals surface area contributed by atoms with Gasteiger partial charge >= 0.3 is 6.01 Å². The molecule has 17 heteroatoms. The van der Waals surface area contributed by atoms with Crippen LogP contribution in [0.2, 0.25) is 0 Å². The van der Waals surface area contributed by atoms with Gasteiger partial charge in [0.2, 0.25) is 5.89 Å². The summed E-state index contributed by atoms with van der Waals surface area (Å²) in [6, 6.07) is 24.8. The van der Waals surface area contributed by atoms with Crippen molar-refractivity contribution < 1.29 is 27.6 Å². The van der Waals surface area contributed by atoms with E-state index in [-0.39, 0.29) is 64.0 Å². The van der Waals surface area contributed by atoms with Crippen LogP contribution in [0.25, 0.3) is 11.5 Å². The maximum Gasteiger partial charge on any atom is 0.313 e. The molecular formula is C53H57BrF2N10O4. The van der Waals surface area contributed by atoms with Gasteiger partial charge in [-0.25, -0.2) is 14.6 Å². The van der Waals surface area contributed by atoms with Gasteiger partial charge in [-0.15, -0.1) is 5.10 Å². The number of rotatable bonds is 10. The zero-order valence-corrected chi connectivity index (χ0v) is 40.1. The van der Waals surface area contributed by atoms with E-state index < -0.39 is 17.2 Å². The fraction of sp³-hybridized carbons (Fsp3) is 0.396. The van der Waals surface area contributed by atoms with Crippen LogP contribution in [0.1, 0.15) is 160 Å². The number of hydrazine groups is 1. The van der Waals surface area contributed by atoms with Crippen LogP contribution in [0.4, 0.5) is 14.8 Å². The SMILES string of the molecule is C.CCc1cc(C2CC2)c(-c2nnc(N)o2)cc1C(=O)N1CCC(F)(c2ccc(C#N)cc2)CC1.CCc1cc(C2CC2)c(C(=O)NN)cc1C(=O)N1CCC(F)(c2ccc(C#N)cc2)CC1.N#CBr. The Morgan fingerprint density at radius 2 is 1.13 bits per heavy atom. The number of piperidine rings is 2. The molecule has 0 spiro atoms. The molecule has 2 aliphatic carbocycles. The Morgan fingerprint density at radius 3 is 1.50 bits per heavy atom. The predicted octanol–water partition coefficient (Wildman–Crippen LogP) is 9.93. The molecule has 14 nitrogen and oxygen atoms in total. The highest BCUT2D eigenvalue weighted by Gasteiger charge is 2.40. The van der Waals surface area contributed by atoms with Gasteiger partial charge in [-0.2, -0.15) is 15.8 Å². The Hall–Kier alpha value is -7.00. The van der Waals surface area contributed by atoms with Gasteiger partial charge in [0.1, 0.15) is 16.3 Å². The van der Waals surface area contributed by atoms with Crippen LogP contribution < -0.4 is 17.0 Å². The molecule has 0 unspecified atom stereocenters. The van der Waals surface area contributed by atoms with E-state index >= 15 is 8.78 Å². The quantitative estimate of drug-likeness (QED) is 0.0677. The second kappa shape index (κ2) is 22.6. The maximum absolute atomic E-state index is 15.7. The average molecular weight is 1020 g/mol. The number of aromatic nitrogens is 2. The second-order valence-electron chi connectivity index (χ2n) is 17.8. The van der Waals surface area contributed by atoms with Crippen molar-refractivity contribution in [2.45, 2.75) is 109 Å². The molecule has 0 atom stereocenters. The molecule has 3 amide bonds. The molecule has 4 aliphatic rings. The van der Waals surface area contributed by atoms with E-state index in [2.05, 4.69) is 43.7 Å². The first-order valence-electron chi connectivity index (χ1n) is 23.1. The summed E-state index contributed by atoms with van der Waals surface area (Å²) in [7, 11) is 0. The number of amides is 3. The first-order chi connectivity index (χ1) is 33.2. The van der Waals surface area contributed by atoms with E-state index in [0.29, 0.717) is 82.6 Å². The first-order valence-corrected chi connectivity index (χ1v) is 23.9. The molecule has 5 N–H and O–H groups in total. The fourth-order valence-corrected chi connectivity index (χ4v) is 9.31. The summed E-state index contributed by atoms with van der Waals surface area (Å²) in [5, 5.41) is 33.0. The van der Waals surface area contributed by atoms with Crippen molar-refractivity contribution in [2.75, 3.05) is 31.9 Å². The lowest BCUT2D eigenvalue weighted by Gasteiger charge is -2.37. The molecule has 5 aromatic rings. The zero-order valence-electron chi connectivity index (χ0n) is 38.5. The minimum Gasteiger partial charge on any atom is -0.404 e. The maximum atomic E-state index is 15.7. The number of likely N-dealkylation sites (tertiary alicyclic amines) is 2. The van der Waals surface area contributed by atoms with E-state index in [1.165, 1.54) is 0 Å². The van der Waals surface area contributed by atoms with Crippen LogP contribution >= 0.6 is 15.9 Å². The Kier molecular flexibility index (Phi) is 16.9. The molecule has 2 saturated heterocycles. The van der Waals surface area contributed by atoms with E-state index in [0.717, 1.165) is 53.5 Å². The van der Waals surface area contributed by atoms with E-state index in [4.69, 9.17) is 31.8 Å². The van der Waals surface area contributed by atoms with Gasteiger partial charge in [0.15, 0.2) is 0 Å². The van der Waals surface area contributed by atoms with Crippen LogP contribution in [0.5, 0.6) is 0 Å². The number of carbonyl (C=O) groups is 3. The Bertz CT molecular complexity index is 2830. The summed E-state index contributed by atoms with van der Waals surface area (Å²) in [6.07, 6.45) is 6.39. The molecule has 2 aliphatic heterocycles. The van der Waals surface area contributed by atoms with Crippen LogP contribution in [0, 0.1) is 32.9 Å². The fourth-order valence-electron chi connectivity index (χ4n) is 9.31. The highest BCUT2D eigenvalue weighted by molar-refractivity contribution is 9.12. The molecule has 0 bridgehead atoms. The number of halogens is 3. The van der Waals surface area contributed by atoms with Gasteiger partial charge < -0.3 is 20.0 Å². The highest BCUT2D eigenvalue weighted by atomic mass is 79.9. The minimum absolute atomic E-state index is 0. The first kappa shape index (κ1) is 52.4. The van der Waals surface area contributed by atoms with Crippen molar-refractivity contribution in [3.8, 4) is 28.6 Å². The van der Waals surface area contributed by atoms with E-state index in [1.54, 1.807) is 69.4 Å². The number of benzene rings is 4. The number of nitriles is 3. The third-order valence-corrected chi connectivity index (χ3v) is 13.6. The smallest absolute Gasteiger partial charge is 0.313 e. The van der Waals surface area contributed by atoms with Crippen LogP contribution in [-0.4, -0.2) is 63.9 Å². The summed E-state index contributed by atoms with van der Waals surface area (Å²) in [5.41, 5.74) is 13.1. The third-order valence-electron chi connectivity index (χ3n) is 13.6. The molecular weight excluding hydrogens is 959 g/mol. The second-order valence-corrected chi connectivity index (χ2v) is 18.2. The van der Waals surface area contributed by atoms with Crippen molar-refractivity contribution in [1.82, 2.24) is 25.4 Å². The topological polar surface area (TPSA) is 232 Å². The molecule has 364 valence electrons. The summed E-state index contributed by atoms with van der Waals surface area (Å²) < 4.78 is 36.8. The van der Waals surface area contributed by atoms with E-state index in [9.17, 15) is 14.4 Å². The molecule has 3 heterocycles. The van der Waals surface area contributed by atoms with Crippen molar-refractivity contribution in [3.63, 3.8) is 0 Å². The average Bonchev–Trinajstić information content (AvgIpc) is 4.34. The molecule has 70 heavy (non-hydrogen) atoms. The number of nitrogens with two attached hydrogens (primary N) is 2. The monoisotopic (exact) mass is 1010 g/mol. The van der Waals surface area contributed by atoms with Crippen LogP contribution in [0.15, 0.2) is 77.2 Å². The molecule has 4 fully saturated rings. The number of carbonyl (C=O) groups excluding carboxylic acids is 3. The number of nitrogen functional groups attached to an aromatic ring is 2. The van der Waals surface area contributed by atoms with Crippen molar-refractivity contribution in [2.24, 2.45) is 5.84 Å². The van der Waals surface area contributed by atoms with Gasteiger partial charge in [0.05, 0.1) is 23.3 Å². The number of anilines is 1. The number of hydrogen-bond acceptors (Lipinski definition) is 11. The number of aryl methyl sites for hydroxylation is 2. The number of nitrogens with zero attached hydrogens (tertiary/aromatic N) is 7. The van der Waals surface area contributed by atoms with Gasteiger partial charge in [0.25, 0.3) is 17.7 Å². The lowest BCUT2D eigenvalue weighted by molar-refractivity contribution is 0.0412. The lowest BCUT2D eigenvalue weighted by atomic mass is 9.85. The Labute approximate surface area is 415 Å². The zero-order chi connectivity index (χ0) is 49.5.